The quantitative estimate of drug-likeness (QED) is 0.471. The summed E-state index contributed by atoms with van der Waals surface area (Å²) < 4.78 is 39.0. The zero-order valence-corrected chi connectivity index (χ0v) is 16.7. The van der Waals surface area contributed by atoms with Gasteiger partial charge in [-0.25, -0.2) is 0 Å². The lowest BCUT2D eigenvalue weighted by Gasteiger charge is -2.20. The Balaban J connectivity index is 1.94. The lowest BCUT2D eigenvalue weighted by molar-refractivity contribution is -0.137. The molecular formula is C24H23F3N2O. The van der Waals surface area contributed by atoms with Gasteiger partial charge in [-0.05, 0) is 47.4 Å². The number of carbonyl (C=O) groups is 1. The molecule has 0 aliphatic rings. The summed E-state index contributed by atoms with van der Waals surface area (Å²) in [6.07, 6.45) is 2.63. The van der Waals surface area contributed by atoms with Crippen LogP contribution in [0.2, 0.25) is 0 Å². The first kappa shape index (κ1) is 21.7. The predicted molar refractivity (Wildman–Crippen MR) is 109 cm³/mol. The number of Topliss-reactive ketones (excluding diaryl/α,β-unsaturated/α-hetero) is 1. The van der Waals surface area contributed by atoms with Crippen molar-refractivity contribution in [2.75, 3.05) is 0 Å². The van der Waals surface area contributed by atoms with Crippen molar-refractivity contribution in [1.82, 2.24) is 9.97 Å². The van der Waals surface area contributed by atoms with E-state index in [-0.39, 0.29) is 18.6 Å². The number of hydrogen-bond acceptors (Lipinski definition) is 3. The van der Waals surface area contributed by atoms with E-state index in [4.69, 9.17) is 0 Å². The van der Waals surface area contributed by atoms with Crippen LogP contribution in [0.4, 0.5) is 13.2 Å². The Kier molecular flexibility index (Phi) is 6.98. The maximum atomic E-state index is 13.0. The molecule has 0 spiro atoms. The van der Waals surface area contributed by atoms with Crippen molar-refractivity contribution in [2.45, 2.75) is 44.7 Å². The second-order valence-corrected chi connectivity index (χ2v) is 7.25. The molecule has 0 N–H and O–H groups in total. The van der Waals surface area contributed by atoms with Crippen LogP contribution in [-0.2, 0) is 23.8 Å². The average Bonchev–Trinajstić information content (AvgIpc) is 2.73. The van der Waals surface area contributed by atoms with Crippen LogP contribution in [0, 0.1) is 0 Å². The summed E-state index contributed by atoms with van der Waals surface area (Å²) in [5.41, 5.74) is 2.52. The molecular weight excluding hydrogens is 389 g/mol. The maximum absolute atomic E-state index is 13.0. The van der Waals surface area contributed by atoms with Crippen molar-refractivity contribution in [2.24, 2.45) is 0 Å². The Hall–Kier alpha value is -3.02. The third kappa shape index (κ3) is 5.53. The summed E-state index contributed by atoms with van der Waals surface area (Å²) in [6.45, 7) is 2.05. The highest BCUT2D eigenvalue weighted by molar-refractivity contribution is 5.82. The molecule has 0 radical (unpaired) electrons. The SMILES string of the molecule is CCCc1cccnc1[C@@H](CC(=O)Cc1cccnc1)c1ccc(C(F)(F)F)cc1. The number of aryl methyl sites for hydroxylation is 1. The molecule has 6 heteroatoms. The molecule has 0 unspecified atom stereocenters. The minimum Gasteiger partial charge on any atom is -0.299 e. The molecule has 2 aromatic heterocycles. The van der Waals surface area contributed by atoms with Crippen molar-refractivity contribution in [3.63, 3.8) is 0 Å². The van der Waals surface area contributed by atoms with Gasteiger partial charge in [-0.2, -0.15) is 13.2 Å². The third-order valence-electron chi connectivity index (χ3n) is 4.97. The molecule has 0 fully saturated rings. The zero-order valence-electron chi connectivity index (χ0n) is 16.7. The highest BCUT2D eigenvalue weighted by atomic mass is 19.4. The number of pyridine rings is 2. The van der Waals surface area contributed by atoms with Crippen molar-refractivity contribution >= 4 is 5.78 Å². The normalized spacial score (nSPS) is 12.5. The van der Waals surface area contributed by atoms with Gasteiger partial charge < -0.3 is 0 Å². The van der Waals surface area contributed by atoms with Crippen molar-refractivity contribution in [1.29, 1.82) is 0 Å². The highest BCUT2D eigenvalue weighted by Crippen LogP contribution is 2.34. The van der Waals surface area contributed by atoms with E-state index in [1.165, 1.54) is 12.1 Å². The number of alkyl halides is 3. The van der Waals surface area contributed by atoms with Gasteiger partial charge in [-0.3, -0.25) is 14.8 Å². The first-order chi connectivity index (χ1) is 14.4. The second kappa shape index (κ2) is 9.65. The molecule has 30 heavy (non-hydrogen) atoms. The molecule has 3 rings (SSSR count). The standard InChI is InChI=1S/C24H23F3N2O/c1-2-5-19-7-4-13-29-23(19)22(15-21(30)14-17-6-3-12-28-16-17)18-8-10-20(11-9-18)24(25,26)27/h3-4,6-13,16,22H,2,5,14-15H2,1H3/t22-/m0/s1. The summed E-state index contributed by atoms with van der Waals surface area (Å²) in [5, 5.41) is 0. The Morgan fingerprint density at radius 2 is 1.77 bits per heavy atom. The van der Waals surface area contributed by atoms with Gasteiger partial charge in [0.05, 0.1) is 11.3 Å². The van der Waals surface area contributed by atoms with Crippen LogP contribution < -0.4 is 0 Å². The number of nitrogens with zero attached hydrogens (tertiary/aromatic N) is 2. The van der Waals surface area contributed by atoms with Gasteiger partial charge in [0, 0.05) is 37.4 Å². The summed E-state index contributed by atoms with van der Waals surface area (Å²) in [7, 11) is 0. The molecule has 0 saturated heterocycles. The molecule has 1 atom stereocenters. The van der Waals surface area contributed by atoms with E-state index in [0.717, 1.165) is 41.8 Å². The number of halogens is 3. The van der Waals surface area contributed by atoms with Crippen LogP contribution in [0.3, 0.4) is 0 Å². The lowest BCUT2D eigenvalue weighted by Crippen LogP contribution is -2.14. The van der Waals surface area contributed by atoms with Gasteiger partial charge in [0.2, 0.25) is 0 Å². The Labute approximate surface area is 174 Å². The minimum atomic E-state index is -4.40. The monoisotopic (exact) mass is 412 g/mol. The Bertz CT molecular complexity index is 970. The van der Waals surface area contributed by atoms with E-state index >= 15 is 0 Å². The van der Waals surface area contributed by atoms with E-state index in [1.807, 2.05) is 18.2 Å². The van der Waals surface area contributed by atoms with E-state index in [1.54, 1.807) is 24.7 Å². The van der Waals surface area contributed by atoms with E-state index in [9.17, 15) is 18.0 Å². The molecule has 0 aliphatic heterocycles. The molecule has 0 bridgehead atoms. The molecule has 156 valence electrons. The number of carbonyl (C=O) groups excluding carboxylic acids is 1. The predicted octanol–water partition coefficient (Wildman–Crippen LogP) is 5.78. The van der Waals surface area contributed by atoms with Crippen LogP contribution in [0.5, 0.6) is 0 Å². The number of benzene rings is 1. The lowest BCUT2D eigenvalue weighted by atomic mass is 9.85. The summed E-state index contributed by atoms with van der Waals surface area (Å²) in [5.74, 6) is -0.416. The largest absolute Gasteiger partial charge is 0.416 e. The van der Waals surface area contributed by atoms with Crippen LogP contribution in [-0.4, -0.2) is 15.8 Å². The average molecular weight is 412 g/mol. The molecule has 0 aliphatic carbocycles. The maximum Gasteiger partial charge on any atom is 0.416 e. The van der Waals surface area contributed by atoms with Gasteiger partial charge in [0.1, 0.15) is 5.78 Å². The smallest absolute Gasteiger partial charge is 0.299 e. The summed E-state index contributed by atoms with van der Waals surface area (Å²) >= 11 is 0. The number of aromatic nitrogens is 2. The van der Waals surface area contributed by atoms with E-state index < -0.39 is 17.7 Å². The fourth-order valence-electron chi connectivity index (χ4n) is 3.55. The zero-order chi connectivity index (χ0) is 21.6. The summed E-state index contributed by atoms with van der Waals surface area (Å²) in [4.78, 5) is 21.4. The molecule has 3 nitrogen and oxygen atoms in total. The van der Waals surface area contributed by atoms with E-state index in [0.29, 0.717) is 5.56 Å². The van der Waals surface area contributed by atoms with E-state index in [2.05, 4.69) is 16.9 Å². The van der Waals surface area contributed by atoms with Gasteiger partial charge in [-0.1, -0.05) is 37.6 Å². The topological polar surface area (TPSA) is 42.9 Å². The molecule has 0 amide bonds. The van der Waals surface area contributed by atoms with Crippen LogP contribution in [0.25, 0.3) is 0 Å². The molecule has 0 saturated carbocycles. The Morgan fingerprint density at radius 3 is 2.40 bits per heavy atom. The first-order valence-electron chi connectivity index (χ1n) is 9.90. The molecule has 3 aromatic rings. The van der Waals surface area contributed by atoms with Crippen molar-refractivity contribution < 1.29 is 18.0 Å². The summed E-state index contributed by atoms with van der Waals surface area (Å²) in [6, 6.07) is 12.5. The second-order valence-electron chi connectivity index (χ2n) is 7.25. The minimum absolute atomic E-state index is 0.0130. The molecule has 1 aromatic carbocycles. The fourth-order valence-corrected chi connectivity index (χ4v) is 3.55. The Morgan fingerprint density at radius 1 is 1.03 bits per heavy atom. The van der Waals surface area contributed by atoms with Crippen molar-refractivity contribution in [3.05, 3.63) is 95.1 Å². The number of rotatable bonds is 8. The van der Waals surface area contributed by atoms with Gasteiger partial charge in [0.15, 0.2) is 0 Å². The van der Waals surface area contributed by atoms with Crippen LogP contribution >= 0.6 is 0 Å². The number of ketones is 1. The van der Waals surface area contributed by atoms with Crippen molar-refractivity contribution in [3.8, 4) is 0 Å². The van der Waals surface area contributed by atoms with Gasteiger partial charge >= 0.3 is 6.18 Å². The highest BCUT2D eigenvalue weighted by Gasteiger charge is 2.31. The van der Waals surface area contributed by atoms with Crippen LogP contribution in [0.1, 0.15) is 53.6 Å². The fraction of sp³-hybridized carbons (Fsp3) is 0.292. The number of hydrogen-bond donors (Lipinski definition) is 0. The van der Waals surface area contributed by atoms with Gasteiger partial charge in [-0.15, -0.1) is 0 Å². The first-order valence-corrected chi connectivity index (χ1v) is 9.90. The van der Waals surface area contributed by atoms with Gasteiger partial charge in [0.25, 0.3) is 0 Å². The third-order valence-corrected chi connectivity index (χ3v) is 4.97. The molecule has 2 heterocycles. The van der Waals surface area contributed by atoms with Crippen LogP contribution in [0.15, 0.2) is 67.1 Å².